The van der Waals surface area contributed by atoms with Crippen molar-refractivity contribution in [2.45, 2.75) is 90.6 Å². The predicted octanol–water partition coefficient (Wildman–Crippen LogP) is 6.16. The van der Waals surface area contributed by atoms with E-state index >= 15 is 0 Å². The molecule has 0 heterocycles. The quantitative estimate of drug-likeness (QED) is 0.420. The van der Waals surface area contributed by atoms with Gasteiger partial charge in [-0.05, 0) is 113 Å². The van der Waals surface area contributed by atoms with Gasteiger partial charge in [0.25, 0.3) is 0 Å². The van der Waals surface area contributed by atoms with E-state index in [9.17, 15) is 9.59 Å². The van der Waals surface area contributed by atoms with E-state index in [2.05, 4.69) is 26.5 Å². The summed E-state index contributed by atoms with van der Waals surface area (Å²) in [7, 11) is 0. The minimum atomic E-state index is -0.981. The van der Waals surface area contributed by atoms with Crippen molar-refractivity contribution < 1.29 is 19.4 Å². The second-order valence-electron chi connectivity index (χ2n) is 11.5. The van der Waals surface area contributed by atoms with E-state index in [0.29, 0.717) is 11.3 Å². The van der Waals surface area contributed by atoms with Crippen molar-refractivity contribution in [3.63, 3.8) is 0 Å². The molecule has 0 aromatic heterocycles. The summed E-state index contributed by atoms with van der Waals surface area (Å²) in [4.78, 5) is 22.3. The average molecular weight is 429 g/mol. The Morgan fingerprint density at radius 3 is 2.19 bits per heavy atom. The Kier molecular flexibility index (Phi) is 6.13. The fourth-order valence-electron chi connectivity index (χ4n) is 8.64. The molecule has 6 saturated carbocycles. The van der Waals surface area contributed by atoms with E-state index in [1.807, 2.05) is 6.92 Å². The van der Waals surface area contributed by atoms with E-state index in [-0.39, 0.29) is 11.6 Å². The molecule has 6 rings (SSSR count). The van der Waals surface area contributed by atoms with Gasteiger partial charge < -0.3 is 9.84 Å². The van der Waals surface area contributed by atoms with Crippen molar-refractivity contribution in [1.29, 1.82) is 0 Å². The Morgan fingerprint density at radius 2 is 1.71 bits per heavy atom. The number of esters is 1. The lowest BCUT2D eigenvalue weighted by molar-refractivity contribution is -0.158. The summed E-state index contributed by atoms with van der Waals surface area (Å²) >= 11 is 0. The van der Waals surface area contributed by atoms with Crippen molar-refractivity contribution in [1.82, 2.24) is 0 Å². The molecule has 0 amide bonds. The van der Waals surface area contributed by atoms with Crippen molar-refractivity contribution in [2.24, 2.45) is 40.9 Å². The molecular formula is C27H40O4. The molecule has 172 valence electrons. The first kappa shape index (κ1) is 22.6. The number of carboxylic acid groups (broad SMARTS) is 1. The number of aliphatic carboxylic acids is 1. The first-order valence-electron chi connectivity index (χ1n) is 12.5. The molecule has 0 radical (unpaired) electrons. The highest BCUT2D eigenvalue weighted by Gasteiger charge is 2.55. The van der Waals surface area contributed by atoms with Crippen LogP contribution in [0.15, 0.2) is 24.3 Å². The second-order valence-corrected chi connectivity index (χ2v) is 11.5. The summed E-state index contributed by atoms with van der Waals surface area (Å²) < 4.78 is 6.17. The van der Waals surface area contributed by atoms with Gasteiger partial charge in [0.1, 0.15) is 5.60 Å². The molecule has 6 atom stereocenters. The molecule has 6 bridgehead atoms. The first-order valence-corrected chi connectivity index (χ1v) is 12.5. The van der Waals surface area contributed by atoms with E-state index in [4.69, 9.17) is 9.84 Å². The predicted molar refractivity (Wildman–Crippen MR) is 121 cm³/mol. The standard InChI is InChI=1S/C24H36O2.C3H4O2/c1-4-21-19-8-17-7-18(9-19)14-24(21,13-17)11-15(2)22(25)26-23(3)12-16-5-6-20(23)10-16;1-2-3(4)5/h11,16-21H,4-10,12-14H2,1-3H3;2H,1H2,(H,4,5). The number of carbonyl (C=O) groups excluding carboxylic acids is 1. The molecular weight excluding hydrogens is 388 g/mol. The van der Waals surface area contributed by atoms with Crippen LogP contribution in [0, 0.1) is 40.9 Å². The molecule has 31 heavy (non-hydrogen) atoms. The van der Waals surface area contributed by atoms with E-state index < -0.39 is 5.97 Å². The highest BCUT2D eigenvalue weighted by atomic mass is 16.6. The third-order valence-corrected chi connectivity index (χ3v) is 9.45. The summed E-state index contributed by atoms with van der Waals surface area (Å²) in [6.07, 6.45) is 16.5. The lowest BCUT2D eigenvalue weighted by Crippen LogP contribution is -2.51. The van der Waals surface area contributed by atoms with Gasteiger partial charge in [-0.1, -0.05) is 26.0 Å². The third kappa shape index (κ3) is 4.24. The van der Waals surface area contributed by atoms with Gasteiger partial charge in [0.2, 0.25) is 0 Å². The van der Waals surface area contributed by atoms with Gasteiger partial charge in [-0.15, -0.1) is 0 Å². The van der Waals surface area contributed by atoms with Crippen molar-refractivity contribution in [3.05, 3.63) is 24.3 Å². The zero-order valence-electron chi connectivity index (χ0n) is 19.6. The monoisotopic (exact) mass is 428 g/mol. The minimum absolute atomic E-state index is 0.0225. The maximum atomic E-state index is 13.0. The smallest absolute Gasteiger partial charge is 0.333 e. The maximum absolute atomic E-state index is 13.0. The number of carbonyl (C=O) groups is 2. The van der Waals surface area contributed by atoms with E-state index in [1.54, 1.807) is 0 Å². The van der Waals surface area contributed by atoms with Gasteiger partial charge in [-0.3, -0.25) is 0 Å². The minimum Gasteiger partial charge on any atom is -0.478 e. The Labute approximate surface area is 187 Å². The normalized spacial score (nSPS) is 44.5. The molecule has 4 nitrogen and oxygen atoms in total. The topological polar surface area (TPSA) is 63.6 Å². The van der Waals surface area contributed by atoms with Gasteiger partial charge in [0, 0.05) is 11.6 Å². The Hall–Kier alpha value is -1.58. The Balaban J connectivity index is 0.000000418. The van der Waals surface area contributed by atoms with Crippen LogP contribution >= 0.6 is 0 Å². The third-order valence-electron chi connectivity index (χ3n) is 9.45. The van der Waals surface area contributed by atoms with Crippen molar-refractivity contribution >= 4 is 11.9 Å². The van der Waals surface area contributed by atoms with Crippen LogP contribution in [0.25, 0.3) is 0 Å². The summed E-state index contributed by atoms with van der Waals surface area (Å²) in [5, 5.41) is 7.60. The fraction of sp³-hybridized carbons (Fsp3) is 0.778. The number of hydrogen-bond acceptors (Lipinski definition) is 3. The number of ether oxygens (including phenoxy) is 1. The van der Waals surface area contributed by atoms with Crippen LogP contribution in [0.1, 0.15) is 85.0 Å². The van der Waals surface area contributed by atoms with Crippen LogP contribution in [-0.4, -0.2) is 22.6 Å². The largest absolute Gasteiger partial charge is 0.478 e. The van der Waals surface area contributed by atoms with Gasteiger partial charge in [0.15, 0.2) is 0 Å². The summed E-state index contributed by atoms with van der Waals surface area (Å²) in [5.74, 6) is 3.93. The molecule has 6 aliphatic rings. The van der Waals surface area contributed by atoms with Crippen molar-refractivity contribution in [3.8, 4) is 0 Å². The van der Waals surface area contributed by atoms with Gasteiger partial charge >= 0.3 is 11.9 Å². The summed E-state index contributed by atoms with van der Waals surface area (Å²) in [6.45, 7) is 9.56. The fourth-order valence-corrected chi connectivity index (χ4v) is 8.64. The number of hydrogen-bond donors (Lipinski definition) is 1. The van der Waals surface area contributed by atoms with E-state index in [1.165, 1.54) is 57.8 Å². The van der Waals surface area contributed by atoms with Crippen LogP contribution < -0.4 is 0 Å². The van der Waals surface area contributed by atoms with Crippen molar-refractivity contribution in [2.75, 3.05) is 0 Å². The molecule has 1 N–H and O–H groups in total. The van der Waals surface area contributed by atoms with Gasteiger partial charge in [0.05, 0.1) is 0 Å². The average Bonchev–Trinajstić information content (AvgIpc) is 3.28. The molecule has 0 aromatic carbocycles. The molecule has 0 saturated heterocycles. The SMILES string of the molecule is C=CC(=O)O.CCC1C2CC3CC(C2)CC1(C=C(C)C(=O)OC1(C)CC2CCC1C2)C3. The number of carboxylic acids is 1. The number of fused-ring (bicyclic) bond motifs is 2. The highest BCUT2D eigenvalue weighted by molar-refractivity contribution is 5.88. The number of rotatable bonds is 5. The summed E-state index contributed by atoms with van der Waals surface area (Å²) in [6, 6.07) is 0. The Morgan fingerprint density at radius 1 is 1.06 bits per heavy atom. The maximum Gasteiger partial charge on any atom is 0.333 e. The van der Waals surface area contributed by atoms with Crippen LogP contribution in [0.5, 0.6) is 0 Å². The molecule has 4 heteroatoms. The zero-order valence-corrected chi connectivity index (χ0v) is 19.6. The van der Waals surface area contributed by atoms with Crippen LogP contribution in [0.4, 0.5) is 0 Å². The van der Waals surface area contributed by atoms with Gasteiger partial charge in [-0.2, -0.15) is 0 Å². The number of allylic oxidation sites excluding steroid dienone is 1. The molecule has 0 spiro atoms. The van der Waals surface area contributed by atoms with E-state index in [0.717, 1.165) is 47.7 Å². The van der Waals surface area contributed by atoms with Crippen LogP contribution in [0.3, 0.4) is 0 Å². The molecule has 6 aliphatic carbocycles. The Bertz CT molecular complexity index is 753. The second kappa shape index (κ2) is 8.41. The van der Waals surface area contributed by atoms with Crippen LogP contribution in [0.2, 0.25) is 0 Å². The van der Waals surface area contributed by atoms with Gasteiger partial charge in [-0.25, -0.2) is 9.59 Å². The lowest BCUT2D eigenvalue weighted by atomic mass is 9.44. The molecule has 6 fully saturated rings. The highest BCUT2D eigenvalue weighted by Crippen LogP contribution is 2.64. The zero-order chi connectivity index (χ0) is 22.4. The summed E-state index contributed by atoms with van der Waals surface area (Å²) in [5.41, 5.74) is 0.998. The molecule has 0 aromatic rings. The van der Waals surface area contributed by atoms with Crippen LogP contribution in [-0.2, 0) is 14.3 Å². The lowest BCUT2D eigenvalue weighted by Gasteiger charge is -2.60. The molecule has 0 aliphatic heterocycles. The first-order chi connectivity index (χ1) is 14.7. The molecule has 6 unspecified atom stereocenters.